The molecule has 0 fully saturated rings. The second kappa shape index (κ2) is 13.0. The first-order chi connectivity index (χ1) is 9.19. The maximum absolute atomic E-state index is 2.47. The molecule has 19 heavy (non-hydrogen) atoms. The molecule has 0 saturated heterocycles. The molecule has 0 N–H and O–H groups in total. The number of unbranched alkanes of at least 4 members (excludes halogenated alkanes) is 2. The van der Waals surface area contributed by atoms with Gasteiger partial charge in [-0.1, -0.05) is 105 Å². The molecule has 0 aromatic heterocycles. The van der Waals surface area contributed by atoms with Crippen molar-refractivity contribution >= 4 is 0 Å². The van der Waals surface area contributed by atoms with E-state index >= 15 is 0 Å². The quantitative estimate of drug-likeness (QED) is 0.309. The molecule has 0 aromatic carbocycles. The van der Waals surface area contributed by atoms with Crippen molar-refractivity contribution in [1.29, 1.82) is 0 Å². The molecule has 0 heterocycles. The molecule has 0 aliphatic heterocycles. The van der Waals surface area contributed by atoms with E-state index < -0.39 is 0 Å². The third-order valence-corrected chi connectivity index (χ3v) is 5.04. The van der Waals surface area contributed by atoms with Crippen molar-refractivity contribution in [2.45, 2.75) is 105 Å². The van der Waals surface area contributed by atoms with Gasteiger partial charge < -0.3 is 0 Å². The van der Waals surface area contributed by atoms with Crippen LogP contribution in [0.15, 0.2) is 0 Å². The van der Waals surface area contributed by atoms with Crippen LogP contribution in [0.5, 0.6) is 0 Å². The predicted octanol–water partition coefficient (Wildman–Crippen LogP) is 7.23. The average Bonchev–Trinajstić information content (AvgIpc) is 2.42. The second-order valence-corrected chi connectivity index (χ2v) is 6.64. The Kier molecular flexibility index (Phi) is 13.0. The van der Waals surface area contributed by atoms with Crippen molar-refractivity contribution in [3.8, 4) is 0 Å². The Bertz CT molecular complexity index is 169. The summed E-state index contributed by atoms with van der Waals surface area (Å²) in [5, 5.41) is 0. The molecular weight excluding hydrogens is 228 g/mol. The first kappa shape index (κ1) is 19.0. The van der Waals surface area contributed by atoms with Crippen LogP contribution in [0.1, 0.15) is 105 Å². The summed E-state index contributed by atoms with van der Waals surface area (Å²) in [5.41, 5.74) is 0. The maximum Gasteiger partial charge on any atom is -0.0394 e. The fraction of sp³-hybridized carbons (Fsp3) is 1.00. The molecule has 2 unspecified atom stereocenters. The molecule has 0 aliphatic rings. The zero-order valence-electron chi connectivity index (χ0n) is 14.5. The third kappa shape index (κ3) is 9.52. The fourth-order valence-corrected chi connectivity index (χ4v) is 3.56. The maximum atomic E-state index is 2.47. The lowest BCUT2D eigenvalue weighted by Gasteiger charge is -2.21. The Hall–Kier alpha value is 0. The summed E-state index contributed by atoms with van der Waals surface area (Å²) < 4.78 is 0. The molecule has 0 saturated carbocycles. The van der Waals surface area contributed by atoms with Crippen molar-refractivity contribution in [1.82, 2.24) is 0 Å². The minimum Gasteiger partial charge on any atom is -0.0654 e. The highest BCUT2D eigenvalue weighted by Crippen LogP contribution is 2.26. The minimum absolute atomic E-state index is 0.940. The van der Waals surface area contributed by atoms with E-state index in [0.717, 1.165) is 17.8 Å². The summed E-state index contributed by atoms with van der Waals surface area (Å²) in [6.45, 7) is 11.8. The van der Waals surface area contributed by atoms with Crippen LogP contribution in [0.2, 0.25) is 0 Å². The first-order valence-electron chi connectivity index (χ1n) is 9.19. The lowest BCUT2D eigenvalue weighted by molar-refractivity contribution is 0.301. The molecule has 2 atom stereocenters. The van der Waals surface area contributed by atoms with Crippen LogP contribution in [-0.4, -0.2) is 0 Å². The molecule has 0 radical (unpaired) electrons. The van der Waals surface area contributed by atoms with Gasteiger partial charge in [-0.05, 0) is 17.8 Å². The van der Waals surface area contributed by atoms with E-state index in [-0.39, 0.29) is 0 Å². The van der Waals surface area contributed by atoms with Crippen molar-refractivity contribution in [2.24, 2.45) is 17.8 Å². The summed E-state index contributed by atoms with van der Waals surface area (Å²) >= 11 is 0. The normalized spacial score (nSPS) is 14.8. The molecule has 0 bridgehead atoms. The second-order valence-electron chi connectivity index (χ2n) is 6.64. The van der Waals surface area contributed by atoms with E-state index in [4.69, 9.17) is 0 Å². The van der Waals surface area contributed by atoms with Crippen molar-refractivity contribution < 1.29 is 0 Å². The van der Waals surface area contributed by atoms with Crippen LogP contribution < -0.4 is 0 Å². The molecule has 116 valence electrons. The number of rotatable bonds is 13. The lowest BCUT2D eigenvalue weighted by atomic mass is 9.84. The topological polar surface area (TPSA) is 0 Å². The minimum atomic E-state index is 0.940. The monoisotopic (exact) mass is 268 g/mol. The van der Waals surface area contributed by atoms with E-state index in [1.54, 1.807) is 0 Å². The predicted molar refractivity (Wildman–Crippen MR) is 89.6 cm³/mol. The first-order valence-corrected chi connectivity index (χ1v) is 9.19. The van der Waals surface area contributed by atoms with Gasteiger partial charge in [0.2, 0.25) is 0 Å². The van der Waals surface area contributed by atoms with Crippen molar-refractivity contribution in [3.05, 3.63) is 0 Å². The van der Waals surface area contributed by atoms with Gasteiger partial charge in [0.05, 0.1) is 0 Å². The summed E-state index contributed by atoms with van der Waals surface area (Å²) in [5.74, 6) is 2.93. The van der Waals surface area contributed by atoms with Crippen LogP contribution in [0.3, 0.4) is 0 Å². The molecule has 0 heteroatoms. The van der Waals surface area contributed by atoms with Gasteiger partial charge in [-0.25, -0.2) is 0 Å². The summed E-state index contributed by atoms with van der Waals surface area (Å²) in [7, 11) is 0. The van der Waals surface area contributed by atoms with Crippen LogP contribution >= 0.6 is 0 Å². The van der Waals surface area contributed by atoms with Gasteiger partial charge in [0, 0.05) is 0 Å². The Morgan fingerprint density at radius 1 is 0.632 bits per heavy atom. The van der Waals surface area contributed by atoms with E-state index in [1.807, 2.05) is 0 Å². The number of hydrogen-bond acceptors (Lipinski definition) is 0. The Morgan fingerprint density at radius 2 is 1.21 bits per heavy atom. The van der Waals surface area contributed by atoms with E-state index in [1.165, 1.54) is 70.6 Å². The van der Waals surface area contributed by atoms with E-state index in [2.05, 4.69) is 34.6 Å². The van der Waals surface area contributed by atoms with Crippen molar-refractivity contribution in [3.63, 3.8) is 0 Å². The van der Waals surface area contributed by atoms with Crippen LogP contribution in [-0.2, 0) is 0 Å². The van der Waals surface area contributed by atoms with Gasteiger partial charge in [-0.2, -0.15) is 0 Å². The van der Waals surface area contributed by atoms with Gasteiger partial charge in [-0.15, -0.1) is 0 Å². The molecule has 0 aromatic rings. The lowest BCUT2D eigenvalue weighted by Crippen LogP contribution is -2.10. The molecule has 0 aliphatic carbocycles. The van der Waals surface area contributed by atoms with E-state index in [0.29, 0.717) is 0 Å². The van der Waals surface area contributed by atoms with Crippen LogP contribution in [0, 0.1) is 17.8 Å². The van der Waals surface area contributed by atoms with E-state index in [9.17, 15) is 0 Å². The zero-order chi connectivity index (χ0) is 14.5. The highest BCUT2D eigenvalue weighted by atomic mass is 14.2. The van der Waals surface area contributed by atoms with Gasteiger partial charge in [0.25, 0.3) is 0 Å². The molecule has 0 nitrogen and oxygen atoms in total. The number of hydrogen-bond donors (Lipinski definition) is 0. The standard InChI is InChI=1S/C19H40/c1-6-10-15-18(13-7-2)16-12-11-14-17(5)19(8-3)9-4/h17-19H,6-16H2,1-5H3. The highest BCUT2D eigenvalue weighted by Gasteiger charge is 2.13. The SMILES string of the molecule is CCCCC(CCC)CCCCC(C)C(CC)CC. The molecule has 0 spiro atoms. The Morgan fingerprint density at radius 3 is 1.74 bits per heavy atom. The zero-order valence-corrected chi connectivity index (χ0v) is 14.5. The van der Waals surface area contributed by atoms with Crippen LogP contribution in [0.4, 0.5) is 0 Å². The summed E-state index contributed by atoms with van der Waals surface area (Å²) in [4.78, 5) is 0. The van der Waals surface area contributed by atoms with Gasteiger partial charge >= 0.3 is 0 Å². The Balaban J connectivity index is 3.73. The summed E-state index contributed by atoms with van der Waals surface area (Å²) in [6, 6.07) is 0. The third-order valence-electron chi connectivity index (χ3n) is 5.04. The summed E-state index contributed by atoms with van der Waals surface area (Å²) in [6.07, 6.45) is 15.7. The molecule has 0 rings (SSSR count). The average molecular weight is 269 g/mol. The smallest absolute Gasteiger partial charge is 0.0394 e. The largest absolute Gasteiger partial charge is 0.0654 e. The molecular formula is C19H40. The van der Waals surface area contributed by atoms with Gasteiger partial charge in [0.1, 0.15) is 0 Å². The van der Waals surface area contributed by atoms with Gasteiger partial charge in [0.15, 0.2) is 0 Å². The fourth-order valence-electron chi connectivity index (χ4n) is 3.56. The van der Waals surface area contributed by atoms with Crippen molar-refractivity contribution in [2.75, 3.05) is 0 Å². The highest BCUT2D eigenvalue weighted by molar-refractivity contribution is 4.65. The van der Waals surface area contributed by atoms with Gasteiger partial charge in [-0.3, -0.25) is 0 Å². The Labute approximate surface area is 123 Å². The molecule has 0 amide bonds. The van der Waals surface area contributed by atoms with Crippen LogP contribution in [0.25, 0.3) is 0 Å².